The van der Waals surface area contributed by atoms with Crippen LogP contribution in [0, 0.1) is 0 Å². The van der Waals surface area contributed by atoms with Gasteiger partial charge in [-0.25, -0.2) is 0 Å². The number of thiol groups is 1. The summed E-state index contributed by atoms with van der Waals surface area (Å²) in [6.07, 6.45) is 1.48. The van der Waals surface area contributed by atoms with Crippen LogP contribution in [0.1, 0.15) is 26.7 Å². The molecule has 0 aromatic heterocycles. The van der Waals surface area contributed by atoms with Crippen LogP contribution in [-0.4, -0.2) is 53.5 Å². The van der Waals surface area contributed by atoms with Crippen molar-refractivity contribution in [3.63, 3.8) is 0 Å². The normalized spacial score (nSPS) is 17.7. The molecule has 1 saturated heterocycles. The second kappa shape index (κ2) is 7.37. The molecule has 0 bridgehead atoms. The molecule has 6 nitrogen and oxygen atoms in total. The smallest absolute Gasteiger partial charge is 0.245 e. The van der Waals surface area contributed by atoms with Crippen molar-refractivity contribution in [2.24, 2.45) is 0 Å². The lowest BCUT2D eigenvalue weighted by molar-refractivity contribution is -0.136. The number of nitrogens with one attached hydrogen (secondary N) is 2. The summed E-state index contributed by atoms with van der Waals surface area (Å²) < 4.78 is 0. The third kappa shape index (κ3) is 5.10. The zero-order valence-corrected chi connectivity index (χ0v) is 12.2. The van der Waals surface area contributed by atoms with Gasteiger partial charge in [-0.15, -0.1) is 0 Å². The fourth-order valence-corrected chi connectivity index (χ4v) is 2.43. The molecule has 1 unspecified atom stereocenters. The lowest BCUT2D eigenvalue weighted by atomic mass is 10.0. The Morgan fingerprint density at radius 1 is 1.21 bits per heavy atom. The van der Waals surface area contributed by atoms with Crippen molar-refractivity contribution in [2.45, 2.75) is 38.8 Å². The second-order valence-electron chi connectivity index (χ2n) is 4.74. The van der Waals surface area contributed by atoms with Crippen molar-refractivity contribution in [2.75, 3.05) is 18.8 Å². The van der Waals surface area contributed by atoms with E-state index in [1.165, 1.54) is 13.8 Å². The van der Waals surface area contributed by atoms with Crippen LogP contribution in [0.15, 0.2) is 0 Å². The molecule has 3 amide bonds. The Morgan fingerprint density at radius 2 is 1.79 bits per heavy atom. The minimum absolute atomic E-state index is 0.0451. The number of carbonyl (C=O) groups excluding carboxylic acids is 3. The highest BCUT2D eigenvalue weighted by atomic mass is 32.1. The molecule has 1 fully saturated rings. The first-order chi connectivity index (χ1) is 8.93. The molecule has 2 N–H and O–H groups in total. The van der Waals surface area contributed by atoms with Gasteiger partial charge in [0.15, 0.2) is 0 Å². The first-order valence-electron chi connectivity index (χ1n) is 6.38. The first kappa shape index (κ1) is 15.8. The van der Waals surface area contributed by atoms with E-state index in [-0.39, 0.29) is 29.5 Å². The number of amides is 3. The summed E-state index contributed by atoms with van der Waals surface area (Å²) in [4.78, 5) is 35.9. The van der Waals surface area contributed by atoms with Gasteiger partial charge >= 0.3 is 0 Å². The summed E-state index contributed by atoms with van der Waals surface area (Å²) in [7, 11) is 0. The Labute approximate surface area is 118 Å². The number of hydrogen-bond acceptors (Lipinski definition) is 4. The lowest BCUT2D eigenvalue weighted by Gasteiger charge is -2.34. The first-order valence-corrected chi connectivity index (χ1v) is 7.01. The van der Waals surface area contributed by atoms with Gasteiger partial charge in [-0.3, -0.25) is 14.4 Å². The van der Waals surface area contributed by atoms with E-state index < -0.39 is 6.04 Å². The van der Waals surface area contributed by atoms with Gasteiger partial charge in [0.1, 0.15) is 6.04 Å². The van der Waals surface area contributed by atoms with E-state index in [9.17, 15) is 14.4 Å². The van der Waals surface area contributed by atoms with Gasteiger partial charge in [-0.05, 0) is 12.8 Å². The van der Waals surface area contributed by atoms with Crippen molar-refractivity contribution in [1.82, 2.24) is 15.5 Å². The largest absolute Gasteiger partial charge is 0.353 e. The third-order valence-electron chi connectivity index (χ3n) is 3.07. The predicted octanol–water partition coefficient (Wildman–Crippen LogP) is -0.452. The lowest BCUT2D eigenvalue weighted by Crippen LogP contribution is -2.53. The minimum atomic E-state index is -0.571. The van der Waals surface area contributed by atoms with Gasteiger partial charge in [0.25, 0.3) is 0 Å². The Balaban J connectivity index is 2.47. The van der Waals surface area contributed by atoms with Gasteiger partial charge in [0.2, 0.25) is 17.7 Å². The maximum Gasteiger partial charge on any atom is 0.245 e. The topological polar surface area (TPSA) is 78.5 Å². The van der Waals surface area contributed by atoms with Crippen LogP contribution in [0.4, 0.5) is 0 Å². The summed E-state index contributed by atoms with van der Waals surface area (Å²) in [6.45, 7) is 4.05. The Kier molecular flexibility index (Phi) is 6.14. The average Bonchev–Trinajstić information content (AvgIpc) is 2.35. The highest BCUT2D eigenvalue weighted by molar-refractivity contribution is 7.80. The van der Waals surface area contributed by atoms with Crippen molar-refractivity contribution >= 4 is 30.4 Å². The summed E-state index contributed by atoms with van der Waals surface area (Å²) in [5.74, 6) is -0.104. The molecular formula is C12H21N3O3S. The number of nitrogens with zero attached hydrogens (tertiary/aromatic N) is 1. The molecule has 1 rings (SSSR count). The molecule has 0 aromatic carbocycles. The van der Waals surface area contributed by atoms with Crippen LogP contribution in [-0.2, 0) is 14.4 Å². The van der Waals surface area contributed by atoms with E-state index in [0.29, 0.717) is 13.1 Å². The van der Waals surface area contributed by atoms with E-state index in [1.54, 1.807) is 4.90 Å². The molecule has 108 valence electrons. The standard InChI is InChI=1S/C12H21N3O3S/c1-8(16)13-10-3-5-15(6-4-10)12(18)11(7-19)14-9(2)17/h10-11,19H,3-7H2,1-2H3,(H,13,16)(H,14,17). The van der Waals surface area contributed by atoms with Gasteiger partial charge < -0.3 is 15.5 Å². The molecule has 0 aliphatic carbocycles. The van der Waals surface area contributed by atoms with E-state index in [0.717, 1.165) is 12.8 Å². The van der Waals surface area contributed by atoms with Gasteiger partial charge in [0.05, 0.1) is 0 Å². The molecule has 1 heterocycles. The third-order valence-corrected chi connectivity index (χ3v) is 3.44. The maximum atomic E-state index is 12.2. The molecule has 7 heteroatoms. The second-order valence-corrected chi connectivity index (χ2v) is 5.10. The van der Waals surface area contributed by atoms with Crippen molar-refractivity contribution < 1.29 is 14.4 Å². The number of piperidine rings is 1. The fourth-order valence-electron chi connectivity index (χ4n) is 2.18. The number of likely N-dealkylation sites (tertiary alicyclic amines) is 1. The van der Waals surface area contributed by atoms with Crippen LogP contribution in [0.2, 0.25) is 0 Å². The molecule has 1 atom stereocenters. The van der Waals surface area contributed by atoms with E-state index >= 15 is 0 Å². The van der Waals surface area contributed by atoms with Crippen molar-refractivity contribution in [3.8, 4) is 0 Å². The van der Waals surface area contributed by atoms with E-state index in [2.05, 4.69) is 23.3 Å². The molecule has 0 saturated carbocycles. The number of hydrogen-bond donors (Lipinski definition) is 3. The monoisotopic (exact) mass is 287 g/mol. The van der Waals surface area contributed by atoms with Crippen LogP contribution < -0.4 is 10.6 Å². The SMILES string of the molecule is CC(=O)NC1CCN(C(=O)C(CS)NC(C)=O)CC1. The number of rotatable bonds is 4. The molecule has 1 aliphatic rings. The van der Waals surface area contributed by atoms with Crippen molar-refractivity contribution in [1.29, 1.82) is 0 Å². The zero-order valence-electron chi connectivity index (χ0n) is 11.3. The molecule has 0 aromatic rings. The van der Waals surface area contributed by atoms with Crippen LogP contribution in [0.25, 0.3) is 0 Å². The highest BCUT2D eigenvalue weighted by Crippen LogP contribution is 2.12. The van der Waals surface area contributed by atoms with E-state index in [1.807, 2.05) is 0 Å². The van der Waals surface area contributed by atoms with Crippen LogP contribution >= 0.6 is 12.6 Å². The summed E-state index contributed by atoms with van der Waals surface area (Å²) in [5, 5.41) is 5.45. The minimum Gasteiger partial charge on any atom is -0.353 e. The Hall–Kier alpha value is -1.24. The van der Waals surface area contributed by atoms with E-state index in [4.69, 9.17) is 0 Å². The molecule has 0 radical (unpaired) electrons. The van der Waals surface area contributed by atoms with Gasteiger partial charge in [-0.1, -0.05) is 0 Å². The van der Waals surface area contributed by atoms with Gasteiger partial charge in [0, 0.05) is 38.7 Å². The summed E-state index contributed by atoms with van der Waals surface area (Å²) in [6, 6.07) is -0.435. The highest BCUT2D eigenvalue weighted by Gasteiger charge is 2.28. The molecule has 1 aliphatic heterocycles. The Morgan fingerprint density at radius 3 is 2.21 bits per heavy atom. The fraction of sp³-hybridized carbons (Fsp3) is 0.750. The molecular weight excluding hydrogens is 266 g/mol. The molecule has 0 spiro atoms. The van der Waals surface area contributed by atoms with Crippen LogP contribution in [0.5, 0.6) is 0 Å². The average molecular weight is 287 g/mol. The number of carbonyl (C=O) groups is 3. The summed E-state index contributed by atoms with van der Waals surface area (Å²) >= 11 is 4.09. The quantitative estimate of drug-likeness (QED) is 0.613. The zero-order chi connectivity index (χ0) is 14.4. The Bertz CT molecular complexity index is 354. The predicted molar refractivity (Wildman–Crippen MR) is 74.9 cm³/mol. The summed E-state index contributed by atoms with van der Waals surface area (Å²) in [5.41, 5.74) is 0. The molecule has 19 heavy (non-hydrogen) atoms. The van der Waals surface area contributed by atoms with Crippen LogP contribution in [0.3, 0.4) is 0 Å². The maximum absolute atomic E-state index is 12.2. The van der Waals surface area contributed by atoms with Crippen molar-refractivity contribution in [3.05, 3.63) is 0 Å². The van der Waals surface area contributed by atoms with Gasteiger partial charge in [-0.2, -0.15) is 12.6 Å².